The van der Waals surface area contributed by atoms with Crippen molar-refractivity contribution in [2.24, 2.45) is 5.73 Å². The van der Waals surface area contributed by atoms with Gasteiger partial charge in [0.25, 0.3) is 0 Å². The third-order valence-electron chi connectivity index (χ3n) is 3.07. The maximum Gasteiger partial charge on any atom is 0.245 e. The predicted molar refractivity (Wildman–Crippen MR) is 77.9 cm³/mol. The molecule has 0 unspecified atom stereocenters. The summed E-state index contributed by atoms with van der Waals surface area (Å²) in [7, 11) is 0. The van der Waals surface area contributed by atoms with Gasteiger partial charge in [-0.05, 0) is 30.2 Å². The Balaban J connectivity index is 2.18. The normalized spacial score (nSPS) is 11.4. The lowest BCUT2D eigenvalue weighted by Crippen LogP contribution is -2.28. The molecule has 1 amide bonds. The Morgan fingerprint density at radius 1 is 1.25 bits per heavy atom. The number of benzene rings is 2. The summed E-state index contributed by atoms with van der Waals surface area (Å²) in [5.41, 5.74) is 8.68. The van der Waals surface area contributed by atoms with E-state index in [4.69, 9.17) is 11.0 Å². The van der Waals surface area contributed by atoms with Gasteiger partial charge in [0.05, 0.1) is 11.6 Å². The van der Waals surface area contributed by atoms with Crippen molar-refractivity contribution in [1.29, 1.82) is 5.26 Å². The number of aryl methyl sites for hydroxylation is 1. The third-order valence-corrected chi connectivity index (χ3v) is 3.07. The van der Waals surface area contributed by atoms with Gasteiger partial charge >= 0.3 is 0 Å². The molecule has 0 aliphatic heterocycles. The number of carbonyl (C=O) groups excluding carboxylic acids is 1. The quantitative estimate of drug-likeness (QED) is 0.894. The molecule has 0 aliphatic rings. The van der Waals surface area contributed by atoms with Gasteiger partial charge in [0, 0.05) is 5.69 Å². The molecule has 3 N–H and O–H groups in total. The monoisotopic (exact) mass is 265 g/mol. The van der Waals surface area contributed by atoms with Crippen LogP contribution in [-0.2, 0) is 4.79 Å². The molecule has 4 heteroatoms. The molecule has 2 aromatic carbocycles. The van der Waals surface area contributed by atoms with Crippen LogP contribution in [0.4, 0.5) is 5.69 Å². The van der Waals surface area contributed by atoms with Crippen molar-refractivity contribution in [2.45, 2.75) is 13.0 Å². The van der Waals surface area contributed by atoms with Gasteiger partial charge < -0.3 is 11.1 Å². The summed E-state index contributed by atoms with van der Waals surface area (Å²) < 4.78 is 0. The maximum absolute atomic E-state index is 12.1. The van der Waals surface area contributed by atoms with Crippen LogP contribution in [0, 0.1) is 18.3 Å². The highest BCUT2D eigenvalue weighted by atomic mass is 16.2. The molecule has 0 saturated carbocycles. The molecule has 1 atom stereocenters. The van der Waals surface area contributed by atoms with Crippen LogP contribution < -0.4 is 11.1 Å². The van der Waals surface area contributed by atoms with Gasteiger partial charge in [-0.3, -0.25) is 4.79 Å². The number of hydrogen-bond donors (Lipinski definition) is 2. The number of carbonyl (C=O) groups is 1. The average Bonchev–Trinajstić information content (AvgIpc) is 2.49. The van der Waals surface area contributed by atoms with Gasteiger partial charge in [0.2, 0.25) is 5.91 Å². The van der Waals surface area contributed by atoms with Crippen molar-refractivity contribution in [3.8, 4) is 6.07 Å². The summed E-state index contributed by atoms with van der Waals surface area (Å²) in [5.74, 6) is -0.297. The summed E-state index contributed by atoms with van der Waals surface area (Å²) in [5, 5.41) is 11.7. The van der Waals surface area contributed by atoms with Crippen molar-refractivity contribution < 1.29 is 4.79 Å². The van der Waals surface area contributed by atoms with Gasteiger partial charge in [0.15, 0.2) is 0 Å². The van der Waals surface area contributed by atoms with E-state index in [9.17, 15) is 4.79 Å². The van der Waals surface area contributed by atoms with Crippen LogP contribution >= 0.6 is 0 Å². The Hall–Kier alpha value is -2.64. The molecule has 100 valence electrons. The maximum atomic E-state index is 12.1. The first-order valence-corrected chi connectivity index (χ1v) is 6.24. The molecule has 0 radical (unpaired) electrons. The van der Waals surface area contributed by atoms with E-state index in [2.05, 4.69) is 5.32 Å². The van der Waals surface area contributed by atoms with Gasteiger partial charge in [0.1, 0.15) is 6.04 Å². The minimum absolute atomic E-state index is 0.297. The standard InChI is InChI=1S/C16H15N3O/c1-11-7-8-12(10-17)9-14(11)19-16(20)15(18)13-5-3-2-4-6-13/h2-9,15H,18H2,1H3,(H,19,20)/t15-/m1/s1. The van der Waals surface area contributed by atoms with E-state index in [-0.39, 0.29) is 5.91 Å². The Bertz CT molecular complexity index is 659. The van der Waals surface area contributed by atoms with E-state index in [1.807, 2.05) is 43.3 Å². The minimum Gasteiger partial charge on any atom is -0.324 e. The Labute approximate surface area is 117 Å². The molecular formula is C16H15N3O. The van der Waals surface area contributed by atoms with Crippen LogP contribution in [0.15, 0.2) is 48.5 Å². The molecule has 4 nitrogen and oxygen atoms in total. The molecule has 0 heterocycles. The van der Waals surface area contributed by atoms with E-state index in [0.717, 1.165) is 11.1 Å². The number of nitrogens with zero attached hydrogens (tertiary/aromatic N) is 1. The molecule has 20 heavy (non-hydrogen) atoms. The zero-order valence-electron chi connectivity index (χ0n) is 11.1. The predicted octanol–water partition coefficient (Wildman–Crippen LogP) is 2.51. The van der Waals surface area contributed by atoms with E-state index < -0.39 is 6.04 Å². The van der Waals surface area contributed by atoms with Gasteiger partial charge in [-0.1, -0.05) is 36.4 Å². The smallest absolute Gasteiger partial charge is 0.245 e. The third kappa shape index (κ3) is 3.02. The average molecular weight is 265 g/mol. The number of nitriles is 1. The fourth-order valence-corrected chi connectivity index (χ4v) is 1.85. The highest BCUT2D eigenvalue weighted by Crippen LogP contribution is 2.19. The number of anilines is 1. The molecule has 0 spiro atoms. The largest absolute Gasteiger partial charge is 0.324 e. The topological polar surface area (TPSA) is 78.9 Å². The number of amides is 1. The van der Waals surface area contributed by atoms with Crippen LogP contribution in [-0.4, -0.2) is 5.91 Å². The molecule has 0 fully saturated rings. The van der Waals surface area contributed by atoms with Crippen molar-refractivity contribution >= 4 is 11.6 Å². The van der Waals surface area contributed by atoms with Crippen LogP contribution in [0.1, 0.15) is 22.7 Å². The fraction of sp³-hybridized carbons (Fsp3) is 0.125. The van der Waals surface area contributed by atoms with Crippen LogP contribution in [0.5, 0.6) is 0 Å². The number of nitrogens with two attached hydrogens (primary N) is 1. The second-order valence-corrected chi connectivity index (χ2v) is 4.52. The molecule has 0 bridgehead atoms. The van der Waals surface area contributed by atoms with E-state index >= 15 is 0 Å². The summed E-state index contributed by atoms with van der Waals surface area (Å²) in [6, 6.07) is 15.6. The van der Waals surface area contributed by atoms with Crippen LogP contribution in [0.25, 0.3) is 0 Å². The second kappa shape index (κ2) is 6.00. The van der Waals surface area contributed by atoms with E-state index in [1.54, 1.807) is 18.2 Å². The zero-order chi connectivity index (χ0) is 14.5. The molecular weight excluding hydrogens is 250 g/mol. The van der Waals surface area contributed by atoms with Gasteiger partial charge in [-0.15, -0.1) is 0 Å². The number of hydrogen-bond acceptors (Lipinski definition) is 3. The van der Waals surface area contributed by atoms with Crippen molar-refractivity contribution in [3.05, 3.63) is 65.2 Å². The lowest BCUT2D eigenvalue weighted by Gasteiger charge is -2.14. The first kappa shape index (κ1) is 13.8. The van der Waals surface area contributed by atoms with E-state index in [1.165, 1.54) is 0 Å². The highest BCUT2D eigenvalue weighted by Gasteiger charge is 2.16. The summed E-state index contributed by atoms with van der Waals surface area (Å²) in [4.78, 5) is 12.1. The Kier molecular flexibility index (Phi) is 4.14. The van der Waals surface area contributed by atoms with Crippen molar-refractivity contribution in [1.82, 2.24) is 0 Å². The summed E-state index contributed by atoms with van der Waals surface area (Å²) >= 11 is 0. The first-order chi connectivity index (χ1) is 9.61. The zero-order valence-corrected chi connectivity index (χ0v) is 11.1. The Morgan fingerprint density at radius 2 is 1.95 bits per heavy atom. The van der Waals surface area contributed by atoms with Crippen LogP contribution in [0.3, 0.4) is 0 Å². The fourth-order valence-electron chi connectivity index (χ4n) is 1.85. The lowest BCUT2D eigenvalue weighted by atomic mass is 10.1. The second-order valence-electron chi connectivity index (χ2n) is 4.52. The molecule has 2 aromatic rings. The SMILES string of the molecule is Cc1ccc(C#N)cc1NC(=O)[C@H](N)c1ccccc1. The lowest BCUT2D eigenvalue weighted by molar-refractivity contribution is -0.117. The number of nitrogens with one attached hydrogen (secondary N) is 1. The van der Waals surface area contributed by atoms with Gasteiger partial charge in [-0.2, -0.15) is 5.26 Å². The highest BCUT2D eigenvalue weighted by molar-refractivity contribution is 5.96. The number of rotatable bonds is 3. The summed E-state index contributed by atoms with van der Waals surface area (Å²) in [6.45, 7) is 1.87. The molecule has 0 aliphatic carbocycles. The summed E-state index contributed by atoms with van der Waals surface area (Å²) in [6.07, 6.45) is 0. The van der Waals surface area contributed by atoms with E-state index in [0.29, 0.717) is 11.3 Å². The molecule has 0 saturated heterocycles. The Morgan fingerprint density at radius 3 is 2.60 bits per heavy atom. The molecule has 0 aromatic heterocycles. The minimum atomic E-state index is -0.735. The first-order valence-electron chi connectivity index (χ1n) is 6.24. The molecule has 2 rings (SSSR count). The van der Waals surface area contributed by atoms with Crippen molar-refractivity contribution in [3.63, 3.8) is 0 Å². The van der Waals surface area contributed by atoms with Gasteiger partial charge in [-0.25, -0.2) is 0 Å². The van der Waals surface area contributed by atoms with Crippen LogP contribution in [0.2, 0.25) is 0 Å². The van der Waals surface area contributed by atoms with Crippen molar-refractivity contribution in [2.75, 3.05) is 5.32 Å².